The lowest BCUT2D eigenvalue weighted by molar-refractivity contribution is -0.136. The van der Waals surface area contributed by atoms with E-state index < -0.39 is 0 Å². The van der Waals surface area contributed by atoms with Crippen LogP contribution in [0, 0.1) is 5.92 Å². The molecule has 1 saturated carbocycles. The van der Waals surface area contributed by atoms with Gasteiger partial charge in [0, 0.05) is 17.4 Å². The van der Waals surface area contributed by atoms with E-state index in [1.165, 1.54) is 0 Å². The van der Waals surface area contributed by atoms with E-state index in [-0.39, 0.29) is 42.2 Å². The molecular weight excluding hydrogens is 535 g/mol. The average molecular weight is 566 g/mol. The molecule has 1 unspecified atom stereocenters. The van der Waals surface area contributed by atoms with E-state index in [1.807, 2.05) is 57.2 Å². The van der Waals surface area contributed by atoms with Crippen molar-refractivity contribution in [1.82, 2.24) is 14.7 Å². The normalized spacial score (nSPS) is 16.6. The molecule has 202 valence electrons. The fourth-order valence-electron chi connectivity index (χ4n) is 4.58. The number of aromatic nitrogens is 2. The zero-order valence-corrected chi connectivity index (χ0v) is 23.5. The quantitative estimate of drug-likeness (QED) is 0.254. The third-order valence-electron chi connectivity index (χ3n) is 6.80. The Morgan fingerprint density at radius 2 is 1.82 bits per heavy atom. The molecule has 2 heterocycles. The highest BCUT2D eigenvalue weighted by atomic mass is 35.5. The van der Waals surface area contributed by atoms with Gasteiger partial charge in [0.15, 0.2) is 0 Å². The molecule has 5 rings (SSSR count). The van der Waals surface area contributed by atoms with Crippen LogP contribution in [0.25, 0.3) is 5.69 Å². The van der Waals surface area contributed by atoms with Gasteiger partial charge in [-0.05, 0) is 48.2 Å². The van der Waals surface area contributed by atoms with Gasteiger partial charge in [-0.3, -0.25) is 9.59 Å². The molecule has 1 aliphatic rings. The van der Waals surface area contributed by atoms with Crippen LogP contribution in [0.1, 0.15) is 50.1 Å². The number of rotatable bonds is 8. The highest BCUT2D eigenvalue weighted by Gasteiger charge is 2.46. The molecule has 2 aromatic carbocycles. The molecule has 0 spiro atoms. The number of halogens is 2. The van der Waals surface area contributed by atoms with Crippen LogP contribution in [-0.4, -0.2) is 33.0 Å². The second-order valence-corrected chi connectivity index (χ2v) is 11.7. The number of carbonyl (C=O) groups excluding carboxylic acids is 2. The van der Waals surface area contributed by atoms with Gasteiger partial charge in [-0.25, -0.2) is 4.68 Å². The highest BCUT2D eigenvalue weighted by Crippen LogP contribution is 2.48. The minimum absolute atomic E-state index is 0.0659. The van der Waals surface area contributed by atoms with Crippen molar-refractivity contribution < 1.29 is 14.0 Å². The number of benzene rings is 2. The van der Waals surface area contributed by atoms with E-state index in [9.17, 15) is 9.59 Å². The molecule has 2 aromatic heterocycles. The summed E-state index contributed by atoms with van der Waals surface area (Å²) < 4.78 is 7.13. The first kappa shape index (κ1) is 27.0. The van der Waals surface area contributed by atoms with Crippen molar-refractivity contribution in [3.05, 3.63) is 100 Å². The van der Waals surface area contributed by atoms with Gasteiger partial charge in [-0.2, -0.15) is 5.10 Å². The molecule has 0 radical (unpaired) electrons. The zero-order chi connectivity index (χ0) is 27.7. The zero-order valence-electron chi connectivity index (χ0n) is 22.0. The topological polar surface area (TPSA) is 80.4 Å². The Morgan fingerprint density at radius 1 is 1.05 bits per heavy atom. The summed E-state index contributed by atoms with van der Waals surface area (Å²) >= 11 is 12.4. The van der Waals surface area contributed by atoms with Gasteiger partial charge in [0.05, 0.1) is 34.2 Å². The van der Waals surface area contributed by atoms with Gasteiger partial charge in [-0.1, -0.05) is 74.3 Å². The number of anilines is 1. The third-order valence-corrected chi connectivity index (χ3v) is 7.54. The van der Waals surface area contributed by atoms with Crippen LogP contribution < -0.4 is 5.32 Å². The molecule has 2 atom stereocenters. The number of nitrogens with one attached hydrogen (secondary N) is 1. The van der Waals surface area contributed by atoms with Crippen LogP contribution in [0.4, 0.5) is 5.82 Å². The lowest BCUT2D eigenvalue weighted by atomic mass is 9.92. The van der Waals surface area contributed by atoms with Crippen LogP contribution in [0.3, 0.4) is 0 Å². The fourth-order valence-corrected chi connectivity index (χ4v) is 4.87. The SMILES string of the molecule is CC(C)(C)c1cc(NC(=O)CN(Cc2ccco2)C(=O)C2C[C@H]2c2ccccc2)n(-c2ccc(Cl)c(Cl)c2)n1. The maximum atomic E-state index is 13.6. The molecule has 0 aliphatic heterocycles. The van der Waals surface area contributed by atoms with Crippen LogP contribution in [-0.2, 0) is 21.5 Å². The van der Waals surface area contributed by atoms with E-state index in [1.54, 1.807) is 46.2 Å². The van der Waals surface area contributed by atoms with Gasteiger partial charge >= 0.3 is 0 Å². The summed E-state index contributed by atoms with van der Waals surface area (Å²) in [5.41, 5.74) is 2.32. The minimum Gasteiger partial charge on any atom is -0.467 e. The highest BCUT2D eigenvalue weighted by molar-refractivity contribution is 6.42. The Morgan fingerprint density at radius 3 is 2.49 bits per heavy atom. The Bertz CT molecular complexity index is 1480. The lowest BCUT2D eigenvalue weighted by Gasteiger charge is -2.21. The van der Waals surface area contributed by atoms with Gasteiger partial charge in [0.1, 0.15) is 18.1 Å². The Balaban J connectivity index is 1.37. The van der Waals surface area contributed by atoms with Crippen LogP contribution in [0.2, 0.25) is 10.0 Å². The second kappa shape index (κ2) is 10.9. The molecule has 1 fully saturated rings. The van der Waals surface area contributed by atoms with Gasteiger partial charge in [-0.15, -0.1) is 0 Å². The van der Waals surface area contributed by atoms with Crippen molar-refractivity contribution >= 4 is 40.8 Å². The van der Waals surface area contributed by atoms with Crippen molar-refractivity contribution in [1.29, 1.82) is 0 Å². The molecule has 1 aliphatic carbocycles. The fraction of sp³-hybridized carbons (Fsp3) is 0.300. The number of hydrogen-bond donors (Lipinski definition) is 1. The predicted octanol–water partition coefficient (Wildman–Crippen LogP) is 6.84. The summed E-state index contributed by atoms with van der Waals surface area (Å²) in [4.78, 5) is 28.5. The Hall–Kier alpha value is -3.55. The average Bonchev–Trinajstić information content (AvgIpc) is 3.30. The van der Waals surface area contributed by atoms with E-state index in [2.05, 4.69) is 5.32 Å². The molecular formula is C30H30Cl2N4O3. The van der Waals surface area contributed by atoms with Crippen LogP contribution >= 0.6 is 23.2 Å². The predicted molar refractivity (Wildman–Crippen MR) is 152 cm³/mol. The van der Waals surface area contributed by atoms with Gasteiger partial charge in [0.2, 0.25) is 11.8 Å². The number of furan rings is 1. The summed E-state index contributed by atoms with van der Waals surface area (Å²) in [6.07, 6.45) is 2.32. The minimum atomic E-state index is -0.339. The monoisotopic (exact) mass is 564 g/mol. The Kier molecular flexibility index (Phi) is 7.56. The second-order valence-electron chi connectivity index (χ2n) is 10.9. The van der Waals surface area contributed by atoms with E-state index in [0.717, 1.165) is 17.7 Å². The lowest BCUT2D eigenvalue weighted by Crippen LogP contribution is -2.38. The van der Waals surface area contributed by atoms with Crippen LogP contribution in [0.5, 0.6) is 0 Å². The smallest absolute Gasteiger partial charge is 0.245 e. The first-order valence-corrected chi connectivity index (χ1v) is 13.6. The molecule has 9 heteroatoms. The van der Waals surface area contributed by atoms with Crippen LogP contribution in [0.15, 0.2) is 77.4 Å². The molecule has 0 bridgehead atoms. The molecule has 4 aromatic rings. The van der Waals surface area contributed by atoms with Crippen molar-refractivity contribution in [2.24, 2.45) is 5.92 Å². The maximum Gasteiger partial charge on any atom is 0.245 e. The first-order chi connectivity index (χ1) is 18.6. The van der Waals surface area contributed by atoms with Crippen molar-refractivity contribution in [3.63, 3.8) is 0 Å². The summed E-state index contributed by atoms with van der Waals surface area (Å²) in [6.45, 7) is 6.21. The van der Waals surface area contributed by atoms with Crippen molar-refractivity contribution in [3.8, 4) is 5.69 Å². The van der Waals surface area contributed by atoms with Gasteiger partial charge < -0.3 is 14.6 Å². The van der Waals surface area contributed by atoms with Gasteiger partial charge in [0.25, 0.3) is 0 Å². The van der Waals surface area contributed by atoms with E-state index in [0.29, 0.717) is 27.3 Å². The number of carbonyl (C=O) groups is 2. The molecule has 0 saturated heterocycles. The summed E-state index contributed by atoms with van der Waals surface area (Å²) in [5.74, 6) is 0.680. The molecule has 1 N–H and O–H groups in total. The number of amides is 2. The maximum absolute atomic E-state index is 13.6. The summed E-state index contributed by atoms with van der Waals surface area (Å²) in [5, 5.41) is 8.51. The van der Waals surface area contributed by atoms with Crippen molar-refractivity contribution in [2.45, 2.75) is 45.1 Å². The number of nitrogens with zero attached hydrogens (tertiary/aromatic N) is 3. The molecule has 2 amide bonds. The summed E-state index contributed by atoms with van der Waals surface area (Å²) in [7, 11) is 0. The van der Waals surface area contributed by atoms with E-state index >= 15 is 0 Å². The molecule has 7 nitrogen and oxygen atoms in total. The first-order valence-electron chi connectivity index (χ1n) is 12.8. The number of hydrogen-bond acceptors (Lipinski definition) is 4. The van der Waals surface area contributed by atoms with Crippen molar-refractivity contribution in [2.75, 3.05) is 11.9 Å². The summed E-state index contributed by atoms with van der Waals surface area (Å²) in [6, 6.07) is 20.6. The Labute approximate surface area is 237 Å². The third kappa shape index (κ3) is 6.21. The van der Waals surface area contributed by atoms with E-state index in [4.69, 9.17) is 32.7 Å². The molecule has 39 heavy (non-hydrogen) atoms. The largest absolute Gasteiger partial charge is 0.467 e. The standard InChI is InChI=1S/C30H30Cl2N4O3/c1-30(2,3)26-16-27(36(34-26)20-11-12-24(31)25(32)14-20)33-28(37)18-35(17-21-10-7-13-39-21)29(38)23-15-22(23)19-8-5-4-6-9-19/h4-14,16,22-23H,15,17-18H2,1-3H3,(H,33,37)/t22-,23?/m0/s1.